The Labute approximate surface area is 117 Å². The van der Waals surface area contributed by atoms with Crippen molar-refractivity contribution in [3.05, 3.63) is 0 Å². The fraction of sp³-hybridized carbons (Fsp3) is 1.00. The molecule has 2 heterocycles. The minimum Gasteiger partial charge on any atom is -0.314 e. The predicted octanol–water partition coefficient (Wildman–Crippen LogP) is 2.98. The highest BCUT2D eigenvalue weighted by Gasteiger charge is 2.38. The summed E-state index contributed by atoms with van der Waals surface area (Å²) in [4.78, 5) is 2.86. The summed E-state index contributed by atoms with van der Waals surface area (Å²) in [7, 11) is 0. The highest BCUT2D eigenvalue weighted by Crippen LogP contribution is 2.34. The van der Waals surface area contributed by atoms with Gasteiger partial charge in [-0.3, -0.25) is 4.90 Å². The van der Waals surface area contributed by atoms with Gasteiger partial charge in [-0.15, -0.1) is 0 Å². The van der Waals surface area contributed by atoms with Gasteiger partial charge in [-0.25, -0.2) is 0 Å². The molecule has 0 amide bonds. The zero-order valence-electron chi connectivity index (χ0n) is 12.3. The van der Waals surface area contributed by atoms with Gasteiger partial charge in [0.1, 0.15) is 0 Å². The van der Waals surface area contributed by atoms with Gasteiger partial charge in [-0.1, -0.05) is 20.3 Å². The molecule has 0 aromatic heterocycles. The molecular formula is C15H30N2S. The van der Waals surface area contributed by atoms with Crippen LogP contribution in [0.5, 0.6) is 0 Å². The maximum absolute atomic E-state index is 3.68. The lowest BCUT2D eigenvalue weighted by Crippen LogP contribution is -2.57. The molecule has 1 N–H and O–H groups in total. The Morgan fingerprint density at radius 1 is 1.28 bits per heavy atom. The van der Waals surface area contributed by atoms with E-state index in [1.165, 1.54) is 44.4 Å². The summed E-state index contributed by atoms with van der Waals surface area (Å²) in [5, 5.41) is 3.68. The van der Waals surface area contributed by atoms with Crippen LogP contribution >= 0.6 is 11.8 Å². The lowest BCUT2D eigenvalue weighted by Gasteiger charge is -2.50. The minimum atomic E-state index is 0.789. The highest BCUT2D eigenvalue weighted by molar-refractivity contribution is 7.98. The topological polar surface area (TPSA) is 15.3 Å². The minimum absolute atomic E-state index is 0.789. The molecule has 2 fully saturated rings. The van der Waals surface area contributed by atoms with Crippen molar-refractivity contribution in [2.45, 2.75) is 64.1 Å². The normalized spacial score (nSPS) is 34.5. The molecule has 0 aromatic carbocycles. The third-order valence-corrected chi connectivity index (χ3v) is 5.49. The van der Waals surface area contributed by atoms with E-state index in [4.69, 9.17) is 0 Å². The smallest absolute Gasteiger partial charge is 0.0113 e. The average molecular weight is 270 g/mol. The van der Waals surface area contributed by atoms with Crippen LogP contribution in [-0.4, -0.2) is 48.1 Å². The molecule has 2 aliphatic rings. The van der Waals surface area contributed by atoms with Crippen molar-refractivity contribution in [1.29, 1.82) is 0 Å². The highest BCUT2D eigenvalue weighted by atomic mass is 32.2. The number of hydrogen-bond acceptors (Lipinski definition) is 3. The second kappa shape index (κ2) is 7.16. The lowest BCUT2D eigenvalue weighted by atomic mass is 9.81. The molecular weight excluding hydrogens is 240 g/mol. The Kier molecular flexibility index (Phi) is 5.84. The number of nitrogens with zero attached hydrogens (tertiary/aromatic N) is 1. The Morgan fingerprint density at radius 2 is 1.94 bits per heavy atom. The van der Waals surface area contributed by atoms with E-state index in [1.54, 1.807) is 0 Å². The van der Waals surface area contributed by atoms with E-state index < -0.39 is 0 Å². The predicted molar refractivity (Wildman–Crippen MR) is 82.4 cm³/mol. The molecule has 3 unspecified atom stereocenters. The first-order chi connectivity index (χ1) is 8.74. The molecule has 3 atom stereocenters. The number of hydrogen-bond donors (Lipinski definition) is 1. The number of nitrogens with one attached hydrogen (secondary N) is 1. The van der Waals surface area contributed by atoms with Crippen LogP contribution in [0.3, 0.4) is 0 Å². The van der Waals surface area contributed by atoms with Crippen molar-refractivity contribution in [1.82, 2.24) is 10.2 Å². The number of fused-ring (bicyclic) bond motifs is 2. The van der Waals surface area contributed by atoms with E-state index in [-0.39, 0.29) is 0 Å². The van der Waals surface area contributed by atoms with Gasteiger partial charge in [0.05, 0.1) is 0 Å². The van der Waals surface area contributed by atoms with E-state index in [0.29, 0.717) is 0 Å². The van der Waals surface area contributed by atoms with E-state index in [1.807, 2.05) is 11.8 Å². The molecule has 106 valence electrons. The molecule has 2 aliphatic heterocycles. The SMILES string of the molecule is CCNC1CC2CCCC(C1)N2CC(C)CSC. The lowest BCUT2D eigenvalue weighted by molar-refractivity contribution is 0.0165. The number of piperidine rings is 2. The summed E-state index contributed by atoms with van der Waals surface area (Å²) < 4.78 is 0. The second-order valence-electron chi connectivity index (χ2n) is 6.22. The fourth-order valence-corrected chi connectivity index (χ4v) is 4.60. The second-order valence-corrected chi connectivity index (χ2v) is 7.13. The first-order valence-corrected chi connectivity index (χ1v) is 9.12. The van der Waals surface area contributed by atoms with Crippen molar-refractivity contribution < 1.29 is 0 Å². The largest absolute Gasteiger partial charge is 0.314 e. The van der Waals surface area contributed by atoms with Crippen LogP contribution in [0, 0.1) is 5.92 Å². The summed E-state index contributed by atoms with van der Waals surface area (Å²) in [6.07, 6.45) is 9.33. The van der Waals surface area contributed by atoms with Gasteiger partial charge in [0.25, 0.3) is 0 Å². The molecule has 2 saturated heterocycles. The quantitative estimate of drug-likeness (QED) is 0.799. The Hall–Kier alpha value is 0.270. The van der Waals surface area contributed by atoms with Crippen LogP contribution in [0.15, 0.2) is 0 Å². The summed E-state index contributed by atoms with van der Waals surface area (Å²) in [5.41, 5.74) is 0. The van der Waals surface area contributed by atoms with Gasteiger partial charge in [0.15, 0.2) is 0 Å². The molecule has 3 heteroatoms. The monoisotopic (exact) mass is 270 g/mol. The molecule has 2 rings (SSSR count). The van der Waals surface area contributed by atoms with E-state index in [0.717, 1.165) is 30.6 Å². The standard InChI is InChI=1S/C15H30N2S/c1-4-16-13-8-14-6-5-7-15(9-13)17(14)10-12(2)11-18-3/h12-16H,4-11H2,1-3H3. The molecule has 2 bridgehead atoms. The first kappa shape index (κ1) is 14.7. The molecule has 0 saturated carbocycles. The number of rotatable bonds is 6. The van der Waals surface area contributed by atoms with E-state index >= 15 is 0 Å². The summed E-state index contributed by atoms with van der Waals surface area (Å²) in [5.74, 6) is 2.16. The Balaban J connectivity index is 1.91. The average Bonchev–Trinajstić information content (AvgIpc) is 2.30. The fourth-order valence-electron chi connectivity index (χ4n) is 3.93. The molecule has 0 spiro atoms. The van der Waals surface area contributed by atoms with Crippen molar-refractivity contribution in [2.24, 2.45) is 5.92 Å². The molecule has 18 heavy (non-hydrogen) atoms. The van der Waals surface area contributed by atoms with Crippen molar-refractivity contribution in [3.63, 3.8) is 0 Å². The van der Waals surface area contributed by atoms with Crippen molar-refractivity contribution in [3.8, 4) is 0 Å². The van der Waals surface area contributed by atoms with E-state index in [2.05, 4.69) is 30.3 Å². The maximum atomic E-state index is 3.68. The molecule has 2 nitrogen and oxygen atoms in total. The molecule has 0 aliphatic carbocycles. The Bertz CT molecular complexity index is 233. The van der Waals surface area contributed by atoms with Crippen LogP contribution < -0.4 is 5.32 Å². The summed E-state index contributed by atoms with van der Waals surface area (Å²) in [6.45, 7) is 7.12. The third-order valence-electron chi connectivity index (χ3n) is 4.59. The van der Waals surface area contributed by atoms with Gasteiger partial charge < -0.3 is 5.32 Å². The van der Waals surface area contributed by atoms with Crippen molar-refractivity contribution >= 4 is 11.8 Å². The van der Waals surface area contributed by atoms with Crippen LogP contribution in [-0.2, 0) is 0 Å². The molecule has 0 radical (unpaired) electrons. The summed E-state index contributed by atoms with van der Waals surface area (Å²) >= 11 is 2.00. The number of thioether (sulfide) groups is 1. The maximum Gasteiger partial charge on any atom is 0.0113 e. The summed E-state index contributed by atoms with van der Waals surface area (Å²) in [6, 6.07) is 2.52. The Morgan fingerprint density at radius 3 is 2.50 bits per heavy atom. The zero-order valence-corrected chi connectivity index (χ0v) is 13.1. The van der Waals surface area contributed by atoms with Crippen LogP contribution in [0.4, 0.5) is 0 Å². The first-order valence-electron chi connectivity index (χ1n) is 7.72. The third kappa shape index (κ3) is 3.64. The molecule has 0 aromatic rings. The zero-order chi connectivity index (χ0) is 13.0. The van der Waals surface area contributed by atoms with Gasteiger partial charge >= 0.3 is 0 Å². The van der Waals surface area contributed by atoms with Gasteiger partial charge in [-0.05, 0) is 50.2 Å². The van der Waals surface area contributed by atoms with Crippen LogP contribution in [0.2, 0.25) is 0 Å². The van der Waals surface area contributed by atoms with Gasteiger partial charge in [0.2, 0.25) is 0 Å². The van der Waals surface area contributed by atoms with Gasteiger partial charge in [0, 0.05) is 24.7 Å². The van der Waals surface area contributed by atoms with Crippen LogP contribution in [0.25, 0.3) is 0 Å². The van der Waals surface area contributed by atoms with Crippen molar-refractivity contribution in [2.75, 3.05) is 25.1 Å². The van der Waals surface area contributed by atoms with Gasteiger partial charge in [-0.2, -0.15) is 11.8 Å². The van der Waals surface area contributed by atoms with E-state index in [9.17, 15) is 0 Å². The van der Waals surface area contributed by atoms with Crippen LogP contribution in [0.1, 0.15) is 46.0 Å².